The lowest BCUT2D eigenvalue weighted by molar-refractivity contribution is -0.143. The molecule has 2 rings (SSSR count). The molecule has 2 aromatic rings. The van der Waals surface area contributed by atoms with Crippen molar-refractivity contribution in [2.24, 2.45) is 0 Å². The maximum Gasteiger partial charge on any atom is 0.340 e. The Kier molecular flexibility index (Phi) is 6.91. The van der Waals surface area contributed by atoms with Crippen molar-refractivity contribution in [2.75, 3.05) is 27.2 Å². The number of likely N-dealkylation sites (N-methyl/N-ethyl adjacent to an activating group) is 1. The van der Waals surface area contributed by atoms with Crippen LogP contribution in [0.15, 0.2) is 35.0 Å². The monoisotopic (exact) mass is 378 g/mol. The second-order valence-electron chi connectivity index (χ2n) is 5.19. The summed E-state index contributed by atoms with van der Waals surface area (Å²) >= 11 is 2.92. The molecule has 0 saturated heterocycles. The highest BCUT2D eigenvalue weighted by Crippen LogP contribution is 2.25. The van der Waals surface area contributed by atoms with Gasteiger partial charge >= 0.3 is 5.97 Å². The third-order valence-electron chi connectivity index (χ3n) is 3.11. The highest BCUT2D eigenvalue weighted by atomic mass is 32.1. The summed E-state index contributed by atoms with van der Waals surface area (Å²) in [6.45, 7) is -0.571. The third kappa shape index (κ3) is 5.84. The quantitative estimate of drug-likeness (QED) is 0.591. The highest BCUT2D eigenvalue weighted by molar-refractivity contribution is 7.12. The summed E-state index contributed by atoms with van der Waals surface area (Å²) in [5.74, 6) is -1.34. The van der Waals surface area contributed by atoms with E-state index in [-0.39, 0.29) is 12.5 Å². The number of esters is 1. The number of amides is 2. The fourth-order valence-electron chi connectivity index (χ4n) is 1.77. The molecule has 132 valence electrons. The number of nitrogens with zero attached hydrogens (tertiary/aromatic N) is 1. The van der Waals surface area contributed by atoms with Crippen molar-refractivity contribution in [3.05, 3.63) is 44.8 Å². The van der Waals surface area contributed by atoms with Crippen LogP contribution in [0.2, 0.25) is 0 Å². The molecule has 1 N–H and O–H groups in total. The minimum absolute atomic E-state index is 0.133. The van der Waals surface area contributed by atoms with Crippen molar-refractivity contribution in [3.8, 4) is 0 Å². The number of carbonyl (C=O) groups excluding carboxylic acids is 3. The van der Waals surface area contributed by atoms with Gasteiger partial charge in [-0.1, -0.05) is 12.1 Å². The van der Waals surface area contributed by atoms with Crippen LogP contribution in [0.3, 0.4) is 0 Å². The Morgan fingerprint density at radius 3 is 2.48 bits per heavy atom. The molecule has 0 saturated carbocycles. The second-order valence-corrected chi connectivity index (χ2v) is 7.12. The fraction of sp³-hybridized carbons (Fsp3) is 0.235. The van der Waals surface area contributed by atoms with E-state index in [0.29, 0.717) is 5.57 Å². The van der Waals surface area contributed by atoms with Gasteiger partial charge in [0.25, 0.3) is 5.91 Å². The molecule has 0 bridgehead atoms. The lowest BCUT2D eigenvalue weighted by atomic mass is 10.2. The molecule has 0 aliphatic heterocycles. The van der Waals surface area contributed by atoms with Crippen LogP contribution >= 0.6 is 22.7 Å². The predicted molar refractivity (Wildman–Crippen MR) is 99.2 cm³/mol. The summed E-state index contributed by atoms with van der Waals surface area (Å²) in [7, 11) is 3.19. The van der Waals surface area contributed by atoms with Gasteiger partial charge in [-0.3, -0.25) is 9.59 Å². The number of nitrogens with one attached hydrogen (secondary N) is 1. The standard InChI is InChI=1S/C17H18N2O4S2/c1-19(2)16(21)10-18-15(20)11-23-17(22)13(14-6-4-8-25-14)9-12-5-3-7-24-12/h3-9H,10-11H2,1-2H3,(H,18,20)/b13-9+. The largest absolute Gasteiger partial charge is 0.452 e. The van der Waals surface area contributed by atoms with Gasteiger partial charge in [-0.15, -0.1) is 22.7 Å². The summed E-state index contributed by atoms with van der Waals surface area (Å²) in [6, 6.07) is 7.45. The van der Waals surface area contributed by atoms with Crippen LogP contribution < -0.4 is 5.32 Å². The molecule has 0 aromatic carbocycles. The SMILES string of the molecule is CN(C)C(=O)CNC(=O)COC(=O)/C(=C/c1cccs1)c1cccs1. The van der Waals surface area contributed by atoms with Crippen molar-refractivity contribution in [1.29, 1.82) is 0 Å². The van der Waals surface area contributed by atoms with E-state index in [1.807, 2.05) is 35.0 Å². The smallest absolute Gasteiger partial charge is 0.340 e. The summed E-state index contributed by atoms with van der Waals surface area (Å²) < 4.78 is 5.10. The lowest BCUT2D eigenvalue weighted by Crippen LogP contribution is -2.38. The van der Waals surface area contributed by atoms with E-state index in [1.165, 1.54) is 27.6 Å². The van der Waals surface area contributed by atoms with Crippen LogP contribution in [0.4, 0.5) is 0 Å². The molecule has 0 aliphatic rings. The van der Waals surface area contributed by atoms with Crippen LogP contribution in [0.25, 0.3) is 11.6 Å². The van der Waals surface area contributed by atoms with Crippen LogP contribution in [0, 0.1) is 0 Å². The van der Waals surface area contributed by atoms with Crippen LogP contribution in [-0.2, 0) is 19.1 Å². The molecule has 0 radical (unpaired) electrons. The number of rotatable bonds is 7. The molecule has 0 atom stereocenters. The Morgan fingerprint density at radius 1 is 1.16 bits per heavy atom. The van der Waals surface area contributed by atoms with E-state index in [0.717, 1.165) is 9.75 Å². The number of carbonyl (C=O) groups is 3. The fourth-order valence-corrected chi connectivity index (χ4v) is 3.16. The second kappa shape index (κ2) is 9.14. The number of hydrogen-bond acceptors (Lipinski definition) is 6. The molecule has 0 fully saturated rings. The van der Waals surface area contributed by atoms with E-state index in [9.17, 15) is 14.4 Å². The molecule has 2 aromatic heterocycles. The van der Waals surface area contributed by atoms with Crippen LogP contribution in [-0.4, -0.2) is 49.9 Å². The number of hydrogen-bond donors (Lipinski definition) is 1. The molecule has 0 spiro atoms. The lowest BCUT2D eigenvalue weighted by Gasteiger charge is -2.11. The highest BCUT2D eigenvalue weighted by Gasteiger charge is 2.17. The van der Waals surface area contributed by atoms with Gasteiger partial charge in [0.15, 0.2) is 6.61 Å². The molecule has 0 unspecified atom stereocenters. The van der Waals surface area contributed by atoms with Gasteiger partial charge < -0.3 is 15.0 Å². The molecule has 2 amide bonds. The third-order valence-corrected chi connectivity index (χ3v) is 4.83. The first-order valence-corrected chi connectivity index (χ1v) is 9.16. The average molecular weight is 378 g/mol. The molecule has 25 heavy (non-hydrogen) atoms. The maximum absolute atomic E-state index is 12.4. The Labute approximate surface area is 153 Å². The summed E-state index contributed by atoms with van der Waals surface area (Å²) in [5.41, 5.74) is 0.398. The van der Waals surface area contributed by atoms with Gasteiger partial charge in [0, 0.05) is 23.8 Å². The first-order chi connectivity index (χ1) is 12.0. The zero-order valence-corrected chi connectivity index (χ0v) is 15.5. The van der Waals surface area contributed by atoms with Gasteiger partial charge in [-0.25, -0.2) is 4.79 Å². The van der Waals surface area contributed by atoms with Crippen molar-refractivity contribution in [2.45, 2.75) is 0 Å². The van der Waals surface area contributed by atoms with E-state index in [1.54, 1.807) is 20.2 Å². The number of thiophene rings is 2. The maximum atomic E-state index is 12.4. The summed E-state index contributed by atoms with van der Waals surface area (Å²) in [4.78, 5) is 38.6. The minimum Gasteiger partial charge on any atom is -0.452 e. The Morgan fingerprint density at radius 2 is 1.88 bits per heavy atom. The Hall–Kier alpha value is -2.45. The van der Waals surface area contributed by atoms with E-state index < -0.39 is 18.5 Å². The zero-order chi connectivity index (χ0) is 18.2. The molecule has 2 heterocycles. The van der Waals surface area contributed by atoms with Gasteiger partial charge in [0.1, 0.15) is 0 Å². The van der Waals surface area contributed by atoms with E-state index in [2.05, 4.69) is 5.32 Å². The van der Waals surface area contributed by atoms with Crippen LogP contribution in [0.5, 0.6) is 0 Å². The average Bonchev–Trinajstić information content (AvgIpc) is 3.28. The van der Waals surface area contributed by atoms with Crippen LogP contribution in [0.1, 0.15) is 9.75 Å². The van der Waals surface area contributed by atoms with Gasteiger partial charge in [0.2, 0.25) is 5.91 Å². The minimum atomic E-state index is -0.579. The first-order valence-electron chi connectivity index (χ1n) is 7.40. The number of ether oxygens (including phenoxy) is 1. The normalized spacial score (nSPS) is 11.0. The summed E-state index contributed by atoms with van der Waals surface area (Å²) in [5, 5.41) is 6.20. The van der Waals surface area contributed by atoms with Gasteiger partial charge in [0.05, 0.1) is 12.1 Å². The van der Waals surface area contributed by atoms with Gasteiger partial charge in [-0.2, -0.15) is 0 Å². The first kappa shape index (κ1) is 18.9. The van der Waals surface area contributed by atoms with Crippen molar-refractivity contribution in [3.63, 3.8) is 0 Å². The van der Waals surface area contributed by atoms with Crippen molar-refractivity contribution >= 4 is 52.1 Å². The van der Waals surface area contributed by atoms with Gasteiger partial charge in [-0.05, 0) is 29.0 Å². The molecule has 8 heteroatoms. The Balaban J connectivity index is 1.97. The van der Waals surface area contributed by atoms with E-state index >= 15 is 0 Å². The predicted octanol–water partition coefficient (Wildman–Crippen LogP) is 2.10. The van der Waals surface area contributed by atoms with Crippen molar-refractivity contribution < 1.29 is 19.1 Å². The van der Waals surface area contributed by atoms with E-state index in [4.69, 9.17) is 4.74 Å². The molecular weight excluding hydrogens is 360 g/mol. The zero-order valence-electron chi connectivity index (χ0n) is 13.9. The molecular formula is C17H18N2O4S2. The summed E-state index contributed by atoms with van der Waals surface area (Å²) in [6.07, 6.45) is 1.74. The molecule has 0 aliphatic carbocycles. The molecule has 6 nitrogen and oxygen atoms in total. The Bertz CT molecular complexity index is 750. The topological polar surface area (TPSA) is 75.7 Å². The van der Waals surface area contributed by atoms with Crippen molar-refractivity contribution in [1.82, 2.24) is 10.2 Å².